The number of sulfone groups is 1. The lowest BCUT2D eigenvalue weighted by Gasteiger charge is -2.28. The highest BCUT2D eigenvalue weighted by atomic mass is 32.2. The first-order valence-corrected chi connectivity index (χ1v) is 7.55. The van der Waals surface area contributed by atoms with Crippen molar-refractivity contribution < 1.29 is 13.5 Å². The first-order chi connectivity index (χ1) is 8.07. The Hall–Kier alpha value is -0.910. The third kappa shape index (κ3) is 3.52. The molecule has 1 fully saturated rings. The van der Waals surface area contributed by atoms with Crippen LogP contribution in [0.1, 0.15) is 11.7 Å². The van der Waals surface area contributed by atoms with Crippen LogP contribution in [0.5, 0.6) is 0 Å². The van der Waals surface area contributed by atoms with Gasteiger partial charge in [0.15, 0.2) is 9.84 Å². The molecular weight excluding hydrogens is 238 g/mol. The Morgan fingerprint density at radius 2 is 1.76 bits per heavy atom. The van der Waals surface area contributed by atoms with Crippen LogP contribution < -0.4 is 0 Å². The third-order valence-corrected chi connectivity index (χ3v) is 4.66. The van der Waals surface area contributed by atoms with E-state index in [0.717, 1.165) is 5.56 Å². The minimum atomic E-state index is -2.84. The van der Waals surface area contributed by atoms with Crippen LogP contribution in [0.2, 0.25) is 0 Å². The van der Waals surface area contributed by atoms with E-state index in [1.165, 1.54) is 0 Å². The van der Waals surface area contributed by atoms with E-state index in [9.17, 15) is 13.5 Å². The van der Waals surface area contributed by atoms with Crippen LogP contribution in [0.15, 0.2) is 30.3 Å². The van der Waals surface area contributed by atoms with Crippen molar-refractivity contribution in [2.75, 3.05) is 31.1 Å². The van der Waals surface area contributed by atoms with E-state index in [0.29, 0.717) is 19.6 Å². The predicted molar refractivity (Wildman–Crippen MR) is 66.5 cm³/mol. The molecule has 0 bridgehead atoms. The van der Waals surface area contributed by atoms with Gasteiger partial charge in [0.1, 0.15) is 0 Å². The normalized spacial score (nSPS) is 22.2. The standard InChI is InChI=1S/C12H17NO3S/c14-12(11-4-2-1-3-5-11)10-13-6-8-17(15,16)9-7-13/h1-5,12,14H,6-10H2. The van der Waals surface area contributed by atoms with Crippen molar-refractivity contribution >= 4 is 9.84 Å². The summed E-state index contributed by atoms with van der Waals surface area (Å²) in [5.41, 5.74) is 0.876. The molecule has 1 aliphatic heterocycles. The number of aliphatic hydroxyl groups is 1. The Labute approximate surface area is 102 Å². The molecule has 0 radical (unpaired) electrons. The molecule has 1 saturated heterocycles. The number of hydrogen-bond donors (Lipinski definition) is 1. The van der Waals surface area contributed by atoms with E-state index < -0.39 is 15.9 Å². The van der Waals surface area contributed by atoms with Gasteiger partial charge in [-0.1, -0.05) is 30.3 Å². The minimum absolute atomic E-state index is 0.203. The summed E-state index contributed by atoms with van der Waals surface area (Å²) in [4.78, 5) is 2.00. The van der Waals surface area contributed by atoms with E-state index >= 15 is 0 Å². The highest BCUT2D eigenvalue weighted by molar-refractivity contribution is 7.91. The predicted octanol–water partition coefficient (Wildman–Crippen LogP) is 0.450. The molecule has 1 atom stereocenters. The molecule has 1 heterocycles. The van der Waals surface area contributed by atoms with Gasteiger partial charge in [0.25, 0.3) is 0 Å². The highest BCUT2D eigenvalue weighted by Crippen LogP contribution is 2.15. The largest absolute Gasteiger partial charge is 0.387 e. The summed E-state index contributed by atoms with van der Waals surface area (Å²) in [6.07, 6.45) is -0.544. The van der Waals surface area contributed by atoms with Crippen LogP contribution in [-0.4, -0.2) is 49.6 Å². The molecule has 0 spiro atoms. The Morgan fingerprint density at radius 3 is 2.35 bits per heavy atom. The molecule has 1 unspecified atom stereocenters. The second-order valence-corrected chi connectivity index (χ2v) is 6.68. The van der Waals surface area contributed by atoms with Crippen LogP contribution in [0, 0.1) is 0 Å². The van der Waals surface area contributed by atoms with Crippen LogP contribution >= 0.6 is 0 Å². The Bertz CT molecular complexity index is 444. The second-order valence-electron chi connectivity index (χ2n) is 4.38. The topological polar surface area (TPSA) is 57.6 Å². The summed E-state index contributed by atoms with van der Waals surface area (Å²) in [5, 5.41) is 10.0. The summed E-state index contributed by atoms with van der Waals surface area (Å²) in [6.45, 7) is 1.54. The summed E-state index contributed by atoms with van der Waals surface area (Å²) >= 11 is 0. The number of nitrogens with zero attached hydrogens (tertiary/aromatic N) is 1. The quantitative estimate of drug-likeness (QED) is 0.852. The number of benzene rings is 1. The van der Waals surface area contributed by atoms with Crippen LogP contribution in [-0.2, 0) is 9.84 Å². The molecule has 17 heavy (non-hydrogen) atoms. The minimum Gasteiger partial charge on any atom is -0.387 e. The summed E-state index contributed by atoms with van der Waals surface area (Å²) in [6, 6.07) is 9.44. The van der Waals surface area contributed by atoms with Gasteiger partial charge in [-0.15, -0.1) is 0 Å². The fraction of sp³-hybridized carbons (Fsp3) is 0.500. The maximum atomic E-state index is 11.3. The monoisotopic (exact) mass is 255 g/mol. The lowest BCUT2D eigenvalue weighted by Crippen LogP contribution is -2.42. The lowest BCUT2D eigenvalue weighted by molar-refractivity contribution is 0.118. The summed E-state index contributed by atoms with van der Waals surface area (Å²) < 4.78 is 22.5. The van der Waals surface area contributed by atoms with Crippen molar-refractivity contribution in [2.24, 2.45) is 0 Å². The van der Waals surface area contributed by atoms with E-state index in [1.54, 1.807) is 0 Å². The molecule has 2 rings (SSSR count). The van der Waals surface area contributed by atoms with Crippen molar-refractivity contribution in [3.63, 3.8) is 0 Å². The molecule has 0 aromatic heterocycles. The zero-order valence-electron chi connectivity index (χ0n) is 9.62. The van der Waals surface area contributed by atoms with Gasteiger partial charge < -0.3 is 5.11 Å². The number of rotatable bonds is 3. The van der Waals surface area contributed by atoms with Crippen LogP contribution in [0.25, 0.3) is 0 Å². The van der Waals surface area contributed by atoms with Crippen molar-refractivity contribution in [1.82, 2.24) is 4.90 Å². The zero-order chi connectivity index (χ0) is 12.3. The van der Waals surface area contributed by atoms with Crippen molar-refractivity contribution in [2.45, 2.75) is 6.10 Å². The summed E-state index contributed by atoms with van der Waals surface area (Å²) in [7, 11) is -2.84. The second kappa shape index (κ2) is 5.16. The lowest BCUT2D eigenvalue weighted by atomic mass is 10.1. The molecule has 1 aromatic rings. The number of β-amino-alcohol motifs (C(OH)–C–C–N with tert-alkyl or cyclic N) is 1. The van der Waals surface area contributed by atoms with Gasteiger partial charge >= 0.3 is 0 Å². The zero-order valence-corrected chi connectivity index (χ0v) is 10.4. The van der Waals surface area contributed by atoms with Gasteiger partial charge in [-0.3, -0.25) is 4.90 Å². The molecule has 1 aliphatic rings. The highest BCUT2D eigenvalue weighted by Gasteiger charge is 2.23. The molecule has 94 valence electrons. The van der Waals surface area contributed by atoms with E-state index in [2.05, 4.69) is 0 Å². The maximum absolute atomic E-state index is 11.3. The molecule has 0 amide bonds. The van der Waals surface area contributed by atoms with Crippen LogP contribution in [0.4, 0.5) is 0 Å². The third-order valence-electron chi connectivity index (χ3n) is 3.05. The fourth-order valence-corrected chi connectivity index (χ4v) is 3.23. The molecule has 0 saturated carbocycles. The SMILES string of the molecule is O=S1(=O)CCN(CC(O)c2ccccc2)CC1. The van der Waals surface area contributed by atoms with Crippen molar-refractivity contribution in [1.29, 1.82) is 0 Å². The Balaban J connectivity index is 1.90. The smallest absolute Gasteiger partial charge is 0.152 e. The first kappa shape index (κ1) is 12.5. The van der Waals surface area contributed by atoms with Gasteiger partial charge in [0.2, 0.25) is 0 Å². The van der Waals surface area contributed by atoms with E-state index in [1.807, 2.05) is 35.2 Å². The Morgan fingerprint density at radius 1 is 1.18 bits per heavy atom. The average molecular weight is 255 g/mol. The first-order valence-electron chi connectivity index (χ1n) is 5.73. The number of aliphatic hydroxyl groups excluding tert-OH is 1. The molecule has 1 aromatic carbocycles. The summed E-state index contributed by atoms with van der Waals surface area (Å²) in [5.74, 6) is 0.406. The van der Waals surface area contributed by atoms with E-state index in [4.69, 9.17) is 0 Å². The van der Waals surface area contributed by atoms with Crippen molar-refractivity contribution in [3.8, 4) is 0 Å². The van der Waals surface area contributed by atoms with Gasteiger partial charge in [-0.05, 0) is 5.56 Å². The van der Waals surface area contributed by atoms with Crippen LogP contribution in [0.3, 0.4) is 0 Å². The maximum Gasteiger partial charge on any atom is 0.152 e. The fourth-order valence-electron chi connectivity index (χ4n) is 1.96. The molecular formula is C12H17NO3S. The van der Waals surface area contributed by atoms with Gasteiger partial charge in [0, 0.05) is 19.6 Å². The van der Waals surface area contributed by atoms with E-state index in [-0.39, 0.29) is 11.5 Å². The van der Waals surface area contributed by atoms with Gasteiger partial charge in [0.05, 0.1) is 17.6 Å². The molecule has 1 N–H and O–H groups in total. The molecule has 0 aliphatic carbocycles. The molecule has 5 heteroatoms. The Kier molecular flexibility index (Phi) is 3.81. The van der Waals surface area contributed by atoms with Gasteiger partial charge in [-0.2, -0.15) is 0 Å². The molecule has 4 nitrogen and oxygen atoms in total. The number of hydrogen-bond acceptors (Lipinski definition) is 4. The average Bonchev–Trinajstić information content (AvgIpc) is 2.33. The van der Waals surface area contributed by atoms with Crippen molar-refractivity contribution in [3.05, 3.63) is 35.9 Å². The van der Waals surface area contributed by atoms with Gasteiger partial charge in [-0.25, -0.2) is 8.42 Å².